The fourth-order valence-electron chi connectivity index (χ4n) is 0.682. The van der Waals surface area contributed by atoms with Gasteiger partial charge in [0.1, 0.15) is 0 Å². The summed E-state index contributed by atoms with van der Waals surface area (Å²) in [6, 6.07) is 1.51. The van der Waals surface area contributed by atoms with Crippen molar-refractivity contribution in [1.82, 2.24) is 0 Å². The van der Waals surface area contributed by atoms with Crippen LogP contribution >= 0.6 is 46.4 Å². The van der Waals surface area contributed by atoms with E-state index in [-0.39, 0.29) is 36.6 Å². The van der Waals surface area contributed by atoms with E-state index in [0.29, 0.717) is 15.8 Å². The van der Waals surface area contributed by atoms with Gasteiger partial charge in [0.15, 0.2) is 0 Å². The average molecular weight is 431 g/mol. The van der Waals surface area contributed by atoms with Crippen LogP contribution in [0, 0.1) is 0 Å². The van der Waals surface area contributed by atoms with E-state index in [9.17, 15) is 0 Å². The molecule has 1 nitrogen and oxygen atoms in total. The molecule has 0 N–H and O–H groups in total. The van der Waals surface area contributed by atoms with Gasteiger partial charge in [-0.05, 0) is 0 Å². The molecule has 0 aliphatic rings. The second-order valence-electron chi connectivity index (χ2n) is 1.94. The average Bonchev–Trinajstić information content (AvgIpc) is 2.01. The number of rotatable bonds is 1. The van der Waals surface area contributed by atoms with Crippen molar-refractivity contribution in [1.29, 1.82) is 0 Å². The van der Waals surface area contributed by atoms with Gasteiger partial charge in [-0.1, -0.05) is 0 Å². The maximum absolute atomic E-state index is 5.81. The van der Waals surface area contributed by atoms with Gasteiger partial charge in [-0.25, -0.2) is 0 Å². The van der Waals surface area contributed by atoms with E-state index >= 15 is 0 Å². The van der Waals surface area contributed by atoms with Crippen LogP contribution in [0.15, 0.2) is 6.07 Å². The number of hydrogen-bond donors (Lipinski definition) is 0. The van der Waals surface area contributed by atoms with E-state index in [0.717, 1.165) is 0 Å². The molecule has 0 radical (unpaired) electrons. The number of hydrogen-bond acceptors (Lipinski definition) is 1. The Balaban J connectivity index is 3.40. The van der Waals surface area contributed by atoms with Gasteiger partial charge >= 0.3 is 108 Å². The van der Waals surface area contributed by atoms with Crippen molar-refractivity contribution in [3.63, 3.8) is 0 Å². The van der Waals surface area contributed by atoms with E-state index in [4.69, 9.17) is 49.0 Å². The first-order valence-corrected chi connectivity index (χ1v) is 6.58. The zero-order valence-corrected chi connectivity index (χ0v) is 14.2. The molecular weight excluding hydrogens is 430 g/mol. The van der Waals surface area contributed by atoms with Crippen molar-refractivity contribution in [2.24, 2.45) is 0 Å². The monoisotopic (exact) mass is 431 g/mol. The minimum absolute atomic E-state index is 0.116. The fourth-order valence-corrected chi connectivity index (χ4v) is 3.57. The van der Waals surface area contributed by atoms with Crippen molar-refractivity contribution in [2.75, 3.05) is 0 Å². The Morgan fingerprint density at radius 1 is 1.00 bits per heavy atom. The van der Waals surface area contributed by atoms with Gasteiger partial charge in [-0.3, -0.25) is 0 Å². The van der Waals surface area contributed by atoms with Crippen LogP contribution in [0.1, 0.15) is 0 Å². The molecule has 6 heteroatoms. The Kier molecular flexibility index (Phi) is 4.25. The summed E-state index contributed by atoms with van der Waals surface area (Å²) in [6.07, 6.45) is 0. The molecule has 12 heavy (non-hydrogen) atoms. The third kappa shape index (κ3) is 2.13. The summed E-state index contributed by atoms with van der Waals surface area (Å²) in [5, 5.41) is 1.29. The fraction of sp³-hybridized carbons (Fsp3) is 0. The molecule has 0 aliphatic carbocycles. The Labute approximate surface area is 107 Å². The summed E-state index contributed by atoms with van der Waals surface area (Å²) < 4.78 is 5.10. The molecule has 0 saturated heterocycles. The molecule has 0 saturated carbocycles. The summed E-state index contributed by atoms with van der Waals surface area (Å²) >= 11 is 23.2. The Bertz CT molecular complexity index is 315. The van der Waals surface area contributed by atoms with Gasteiger partial charge in [0.2, 0.25) is 0 Å². The maximum atomic E-state index is 5.81. The molecule has 0 fully saturated rings. The Hall–Kier alpha value is 1.12. The van der Waals surface area contributed by atoms with E-state index in [1.807, 2.05) is 0 Å². The standard InChI is InChI=1S/C6H2Cl4O.Hg/c7-2-1-3(8)6(11)5(10)4(2)9;/h1,11H;/q;+1/p-1. The van der Waals surface area contributed by atoms with Crippen molar-refractivity contribution in [3.8, 4) is 5.75 Å². The Morgan fingerprint density at radius 2 is 1.58 bits per heavy atom. The molecule has 0 bridgehead atoms. The summed E-state index contributed by atoms with van der Waals surface area (Å²) in [6.45, 7) is 0. The van der Waals surface area contributed by atoms with Gasteiger partial charge in [0.05, 0.1) is 0 Å². The number of benzene rings is 1. The zero-order valence-electron chi connectivity index (χ0n) is 5.70. The van der Waals surface area contributed by atoms with Crippen LogP contribution in [-0.2, 0) is 26.6 Å². The number of halogens is 4. The molecule has 0 heterocycles. The summed E-state index contributed by atoms with van der Waals surface area (Å²) in [5.41, 5.74) is 0. The van der Waals surface area contributed by atoms with Crippen molar-refractivity contribution >= 4 is 46.4 Å². The minimum atomic E-state index is 0.116. The molecule has 1 rings (SSSR count). The van der Waals surface area contributed by atoms with E-state index in [1.54, 1.807) is 0 Å². The van der Waals surface area contributed by atoms with Crippen LogP contribution in [0.3, 0.4) is 0 Å². The third-order valence-corrected chi connectivity index (χ3v) is 3.86. The summed E-state index contributed by atoms with van der Waals surface area (Å²) in [5.74, 6) is 0.427. The van der Waals surface area contributed by atoms with Crippen LogP contribution < -0.4 is 2.64 Å². The SMILES string of the molecule is Clc1cc(Cl)c([O][Hg])c(Cl)c1Cl. The molecule has 1 aromatic carbocycles. The van der Waals surface area contributed by atoms with Crippen LogP contribution in [0.2, 0.25) is 20.1 Å². The normalized spacial score (nSPS) is 10.2. The molecule has 1 aromatic rings. The topological polar surface area (TPSA) is 9.23 Å². The first-order chi connectivity index (χ1) is 5.57. The van der Waals surface area contributed by atoms with Gasteiger partial charge in [0, 0.05) is 0 Å². The van der Waals surface area contributed by atoms with Crippen LogP contribution in [0.25, 0.3) is 0 Å². The molecule has 0 atom stereocenters. The van der Waals surface area contributed by atoms with Crippen LogP contribution in [-0.4, -0.2) is 0 Å². The first kappa shape index (κ1) is 11.2. The van der Waals surface area contributed by atoms with Crippen LogP contribution in [0.4, 0.5) is 0 Å². The Morgan fingerprint density at radius 3 is 2.08 bits per heavy atom. The summed E-state index contributed by atoms with van der Waals surface area (Å²) in [7, 11) is 0. The van der Waals surface area contributed by atoms with Gasteiger partial charge < -0.3 is 0 Å². The van der Waals surface area contributed by atoms with Gasteiger partial charge in [0.25, 0.3) is 0 Å². The molecule has 0 amide bonds. The summed E-state index contributed by atoms with van der Waals surface area (Å²) in [4.78, 5) is 0. The van der Waals surface area contributed by atoms with Crippen molar-refractivity contribution < 1.29 is 29.2 Å². The molecular formula is C6HCl4HgO. The predicted octanol–water partition coefficient (Wildman–Crippen LogP) is 4.14. The first-order valence-electron chi connectivity index (χ1n) is 2.83. The van der Waals surface area contributed by atoms with Gasteiger partial charge in [-0.2, -0.15) is 0 Å². The quantitative estimate of drug-likeness (QED) is 0.369. The van der Waals surface area contributed by atoms with Gasteiger partial charge in [-0.15, -0.1) is 0 Å². The molecule has 0 unspecified atom stereocenters. The molecule has 61 valence electrons. The van der Waals surface area contributed by atoms with Crippen molar-refractivity contribution in [3.05, 3.63) is 26.2 Å². The second-order valence-corrected chi connectivity index (χ2v) is 4.63. The predicted molar refractivity (Wildman–Crippen MR) is 47.1 cm³/mol. The molecule has 0 spiro atoms. The molecule has 0 aromatic heterocycles. The van der Waals surface area contributed by atoms with E-state index in [2.05, 4.69) is 0 Å². The third-order valence-electron chi connectivity index (χ3n) is 1.22. The van der Waals surface area contributed by atoms with Crippen molar-refractivity contribution in [2.45, 2.75) is 0 Å². The molecule has 0 aliphatic heterocycles. The zero-order chi connectivity index (χ0) is 9.30. The van der Waals surface area contributed by atoms with E-state index in [1.165, 1.54) is 6.07 Å². The second kappa shape index (κ2) is 4.56. The van der Waals surface area contributed by atoms with Crippen LogP contribution in [0.5, 0.6) is 5.75 Å². The van der Waals surface area contributed by atoms with E-state index < -0.39 is 0 Å².